The van der Waals surface area contributed by atoms with Gasteiger partial charge in [0.2, 0.25) is 0 Å². The molecule has 0 saturated carbocycles. The molecule has 4 rings (SSSR count). The number of rotatable bonds is 5. The first kappa shape index (κ1) is 26.2. The van der Waals surface area contributed by atoms with Gasteiger partial charge >= 0.3 is 5.97 Å². The lowest BCUT2D eigenvalue weighted by Gasteiger charge is -2.16. The SMILES string of the molecule is COC(=O)C=C1SC(=NC(=O)c2ccc(Cl)cc2Cl)N(c2ccc(NC(=O)c3ccccc3)cc2)C1=O. The third-order valence-electron chi connectivity index (χ3n) is 5.03. The predicted octanol–water partition coefficient (Wildman–Crippen LogP) is 5.58. The van der Waals surface area contributed by atoms with E-state index >= 15 is 0 Å². The molecule has 8 nitrogen and oxygen atoms in total. The number of anilines is 2. The minimum Gasteiger partial charge on any atom is -0.466 e. The molecule has 11 heteroatoms. The molecule has 0 bridgehead atoms. The molecule has 3 amide bonds. The van der Waals surface area contributed by atoms with Crippen molar-refractivity contribution >= 4 is 75.2 Å². The molecular weight excluding hydrogens is 537 g/mol. The van der Waals surface area contributed by atoms with Gasteiger partial charge in [0.1, 0.15) is 0 Å². The first-order valence-corrected chi connectivity index (χ1v) is 12.2. The van der Waals surface area contributed by atoms with Crippen molar-refractivity contribution in [2.45, 2.75) is 0 Å². The number of halogens is 2. The van der Waals surface area contributed by atoms with E-state index in [1.54, 1.807) is 48.5 Å². The number of esters is 1. The molecule has 0 atom stereocenters. The van der Waals surface area contributed by atoms with Gasteiger partial charge in [-0.25, -0.2) is 4.79 Å². The Morgan fingerprint density at radius 1 is 1.00 bits per heavy atom. The molecule has 0 unspecified atom stereocenters. The van der Waals surface area contributed by atoms with Crippen LogP contribution in [0.1, 0.15) is 20.7 Å². The lowest BCUT2D eigenvalue weighted by atomic mass is 10.2. The molecule has 0 aromatic heterocycles. The lowest BCUT2D eigenvalue weighted by molar-refractivity contribution is -0.135. The highest BCUT2D eigenvalue weighted by Gasteiger charge is 2.36. The summed E-state index contributed by atoms with van der Waals surface area (Å²) in [5.74, 6) is -2.31. The number of carbonyl (C=O) groups excluding carboxylic acids is 4. The monoisotopic (exact) mass is 553 g/mol. The van der Waals surface area contributed by atoms with E-state index in [9.17, 15) is 19.2 Å². The van der Waals surface area contributed by atoms with Crippen molar-refractivity contribution in [1.82, 2.24) is 0 Å². The lowest BCUT2D eigenvalue weighted by Crippen LogP contribution is -2.29. The fourth-order valence-corrected chi connectivity index (χ4v) is 4.67. The van der Waals surface area contributed by atoms with Crippen molar-refractivity contribution in [3.63, 3.8) is 0 Å². The maximum atomic E-state index is 13.2. The summed E-state index contributed by atoms with van der Waals surface area (Å²) in [6.07, 6.45) is 1.02. The van der Waals surface area contributed by atoms with Gasteiger partial charge in [-0.1, -0.05) is 41.4 Å². The van der Waals surface area contributed by atoms with Crippen LogP contribution in [0.5, 0.6) is 0 Å². The number of hydrogen-bond acceptors (Lipinski definition) is 6. The molecule has 0 spiro atoms. The van der Waals surface area contributed by atoms with E-state index in [1.807, 2.05) is 6.07 Å². The number of amidine groups is 1. The number of carbonyl (C=O) groups is 4. The Morgan fingerprint density at radius 2 is 1.70 bits per heavy atom. The van der Waals surface area contributed by atoms with Gasteiger partial charge in [0.25, 0.3) is 17.7 Å². The number of methoxy groups -OCH3 is 1. The topological polar surface area (TPSA) is 105 Å². The Morgan fingerprint density at radius 3 is 2.35 bits per heavy atom. The van der Waals surface area contributed by atoms with Gasteiger partial charge in [-0.05, 0) is 66.4 Å². The zero-order valence-corrected chi connectivity index (χ0v) is 21.4. The molecule has 3 aromatic rings. The molecule has 3 aromatic carbocycles. The highest BCUT2D eigenvalue weighted by molar-refractivity contribution is 8.19. The van der Waals surface area contributed by atoms with Crippen LogP contribution in [0, 0.1) is 0 Å². The molecule has 1 saturated heterocycles. The normalized spacial score (nSPS) is 15.2. The van der Waals surface area contributed by atoms with Crippen LogP contribution in [0.25, 0.3) is 0 Å². The number of thioether (sulfide) groups is 1. The van der Waals surface area contributed by atoms with Gasteiger partial charge in [-0.3, -0.25) is 19.3 Å². The largest absolute Gasteiger partial charge is 0.466 e. The predicted molar refractivity (Wildman–Crippen MR) is 144 cm³/mol. The summed E-state index contributed by atoms with van der Waals surface area (Å²) in [6, 6.07) is 19.4. The number of ether oxygens (including phenoxy) is 1. The number of amides is 3. The molecule has 0 aliphatic carbocycles. The Bertz CT molecular complexity index is 1460. The maximum absolute atomic E-state index is 13.2. The smallest absolute Gasteiger partial charge is 0.331 e. The zero-order valence-electron chi connectivity index (χ0n) is 19.1. The summed E-state index contributed by atoms with van der Waals surface area (Å²) in [4.78, 5) is 55.6. The van der Waals surface area contributed by atoms with Crippen molar-refractivity contribution in [2.24, 2.45) is 4.99 Å². The van der Waals surface area contributed by atoms with E-state index in [-0.39, 0.29) is 26.6 Å². The van der Waals surface area contributed by atoms with Gasteiger partial charge < -0.3 is 10.1 Å². The van der Waals surface area contributed by atoms with Gasteiger partial charge in [0.15, 0.2) is 5.17 Å². The van der Waals surface area contributed by atoms with Crippen LogP contribution in [0.3, 0.4) is 0 Å². The molecule has 0 radical (unpaired) electrons. The zero-order chi connectivity index (χ0) is 26.5. The quantitative estimate of drug-likeness (QED) is 0.326. The van der Waals surface area contributed by atoms with E-state index in [0.717, 1.165) is 17.8 Å². The first-order valence-electron chi connectivity index (χ1n) is 10.6. The van der Waals surface area contributed by atoms with Crippen molar-refractivity contribution in [3.05, 3.63) is 105 Å². The highest BCUT2D eigenvalue weighted by atomic mass is 35.5. The summed E-state index contributed by atoms with van der Waals surface area (Å²) in [5, 5.41) is 3.24. The van der Waals surface area contributed by atoms with Crippen molar-refractivity contribution in [1.29, 1.82) is 0 Å². The van der Waals surface area contributed by atoms with Gasteiger partial charge in [-0.15, -0.1) is 0 Å². The molecule has 37 heavy (non-hydrogen) atoms. The maximum Gasteiger partial charge on any atom is 0.331 e. The Balaban J connectivity index is 1.65. The summed E-state index contributed by atoms with van der Waals surface area (Å²) in [7, 11) is 1.19. The Hall–Kier alpha value is -3.92. The average molecular weight is 554 g/mol. The number of benzene rings is 3. The van der Waals surface area contributed by atoms with Gasteiger partial charge in [-0.2, -0.15) is 4.99 Å². The summed E-state index contributed by atoms with van der Waals surface area (Å²) in [6.45, 7) is 0. The van der Waals surface area contributed by atoms with Crippen LogP contribution < -0.4 is 10.2 Å². The van der Waals surface area contributed by atoms with Gasteiger partial charge in [0.05, 0.1) is 28.3 Å². The average Bonchev–Trinajstić information content (AvgIpc) is 3.18. The molecule has 1 fully saturated rings. The van der Waals surface area contributed by atoms with Crippen LogP contribution in [0.4, 0.5) is 11.4 Å². The molecular formula is C26H17Cl2N3O5S. The number of nitrogens with zero attached hydrogens (tertiary/aromatic N) is 2. The van der Waals surface area contributed by atoms with Gasteiger partial charge in [0, 0.05) is 22.3 Å². The van der Waals surface area contributed by atoms with Crippen molar-refractivity contribution < 1.29 is 23.9 Å². The standard InChI is InChI=1S/C26H17Cl2N3O5S/c1-36-22(32)14-21-25(35)31(26(37-21)30-24(34)19-12-7-16(27)13-20(19)28)18-10-8-17(9-11-18)29-23(33)15-5-3-2-4-6-15/h2-14H,1H3,(H,29,33). The third-order valence-corrected chi connectivity index (χ3v) is 6.55. The van der Waals surface area contributed by atoms with E-state index in [2.05, 4.69) is 15.0 Å². The summed E-state index contributed by atoms with van der Waals surface area (Å²) >= 11 is 12.9. The second kappa shape index (κ2) is 11.4. The Labute approximate surface area is 225 Å². The first-order chi connectivity index (χ1) is 17.8. The van der Waals surface area contributed by atoms with Crippen LogP contribution in [0.15, 0.2) is 88.8 Å². The number of hydrogen-bond donors (Lipinski definition) is 1. The summed E-state index contributed by atoms with van der Waals surface area (Å²) in [5.41, 5.74) is 1.43. The van der Waals surface area contributed by atoms with Crippen molar-refractivity contribution in [3.8, 4) is 0 Å². The van der Waals surface area contributed by atoms with E-state index in [1.165, 1.54) is 30.2 Å². The summed E-state index contributed by atoms with van der Waals surface area (Å²) < 4.78 is 4.63. The third kappa shape index (κ3) is 6.08. The molecule has 1 N–H and O–H groups in total. The highest BCUT2D eigenvalue weighted by Crippen LogP contribution is 2.36. The Kier molecular flexibility index (Phi) is 8.08. The van der Waals surface area contributed by atoms with Crippen LogP contribution in [0.2, 0.25) is 10.0 Å². The fourth-order valence-electron chi connectivity index (χ4n) is 3.24. The fraction of sp³-hybridized carbons (Fsp3) is 0.0385. The molecule has 1 aliphatic heterocycles. The second-order valence-corrected chi connectivity index (χ2v) is 9.32. The minimum absolute atomic E-state index is 0.0113. The van der Waals surface area contributed by atoms with Crippen LogP contribution in [-0.2, 0) is 14.3 Å². The second-order valence-electron chi connectivity index (χ2n) is 7.47. The molecule has 1 aliphatic rings. The van der Waals surface area contributed by atoms with E-state index < -0.39 is 17.8 Å². The van der Waals surface area contributed by atoms with E-state index in [4.69, 9.17) is 23.2 Å². The molecule has 1 heterocycles. The molecule has 186 valence electrons. The number of aliphatic imine (C=N–C) groups is 1. The number of nitrogens with one attached hydrogen (secondary N) is 1. The minimum atomic E-state index is -0.733. The van der Waals surface area contributed by atoms with Crippen molar-refractivity contribution in [2.75, 3.05) is 17.3 Å². The van der Waals surface area contributed by atoms with E-state index in [0.29, 0.717) is 22.0 Å². The van der Waals surface area contributed by atoms with Crippen LogP contribution >= 0.6 is 35.0 Å². The van der Waals surface area contributed by atoms with Crippen LogP contribution in [-0.4, -0.2) is 36.0 Å².